The van der Waals surface area contributed by atoms with Crippen molar-refractivity contribution in [3.63, 3.8) is 0 Å². The molecule has 1 N–H and O–H groups in total. The van der Waals surface area contributed by atoms with Crippen molar-refractivity contribution < 1.29 is 33.7 Å². The lowest BCUT2D eigenvalue weighted by atomic mass is 9.82. The first-order valence-electron chi connectivity index (χ1n) is 17.7. The molecular formula is C39H47N3O7Si. The summed E-state index contributed by atoms with van der Waals surface area (Å²) in [6.45, 7) is 8.24. The highest BCUT2D eigenvalue weighted by Gasteiger charge is 2.66. The zero-order valence-electron chi connectivity index (χ0n) is 29.6. The third-order valence-corrected chi connectivity index (χ3v) is 16.1. The summed E-state index contributed by atoms with van der Waals surface area (Å²) in [4.78, 5) is 46.8. The van der Waals surface area contributed by atoms with Crippen molar-refractivity contribution in [2.75, 3.05) is 43.7 Å². The van der Waals surface area contributed by atoms with E-state index in [1.165, 1.54) is 5.19 Å². The van der Waals surface area contributed by atoms with E-state index in [0.29, 0.717) is 31.8 Å². The van der Waals surface area contributed by atoms with Gasteiger partial charge >= 0.3 is 0 Å². The highest BCUT2D eigenvalue weighted by molar-refractivity contribution is 6.91. The van der Waals surface area contributed by atoms with Crippen molar-refractivity contribution in [2.24, 2.45) is 5.92 Å². The summed E-state index contributed by atoms with van der Waals surface area (Å²) in [6.07, 6.45) is 1.76. The number of aliphatic hydroxyl groups is 1. The lowest BCUT2D eigenvalue weighted by Gasteiger charge is -2.37. The maximum absolute atomic E-state index is 15.2. The monoisotopic (exact) mass is 697 g/mol. The van der Waals surface area contributed by atoms with Gasteiger partial charge in [-0.2, -0.15) is 0 Å². The smallest absolute Gasteiger partial charge is 0.264 e. The minimum atomic E-state index is -2.47. The average molecular weight is 698 g/mol. The summed E-state index contributed by atoms with van der Waals surface area (Å²) in [6, 6.07) is 21.5. The van der Waals surface area contributed by atoms with Gasteiger partial charge in [0.05, 0.1) is 59.7 Å². The number of aliphatic hydroxyl groups excluding tert-OH is 1. The second kappa shape index (κ2) is 13.2. The van der Waals surface area contributed by atoms with E-state index in [-0.39, 0.29) is 48.3 Å². The second-order valence-corrected chi connectivity index (χ2v) is 19.4. The van der Waals surface area contributed by atoms with Crippen LogP contribution in [-0.4, -0.2) is 81.9 Å². The van der Waals surface area contributed by atoms with Crippen LogP contribution >= 0.6 is 0 Å². The fraction of sp³-hybridized carbons (Fsp3) is 0.462. The number of β-lactam (4-membered cyclic amide) rings is 1. The molecule has 0 aromatic heterocycles. The number of fused-ring (bicyclic) bond motifs is 2. The van der Waals surface area contributed by atoms with Crippen LogP contribution in [0.4, 0.5) is 11.4 Å². The molecule has 3 aromatic carbocycles. The quantitative estimate of drug-likeness (QED) is 0.244. The van der Waals surface area contributed by atoms with Gasteiger partial charge in [-0.25, -0.2) is 0 Å². The molecule has 1 spiro atoms. The molecule has 4 aliphatic rings. The van der Waals surface area contributed by atoms with Crippen LogP contribution in [0.2, 0.25) is 18.6 Å². The molecule has 0 saturated carbocycles. The molecule has 0 aliphatic carbocycles. The van der Waals surface area contributed by atoms with Gasteiger partial charge in [-0.3, -0.25) is 14.4 Å². The first-order chi connectivity index (χ1) is 24.0. The van der Waals surface area contributed by atoms with Crippen molar-refractivity contribution in [2.45, 2.75) is 75.5 Å². The number of rotatable bonds is 10. The first kappa shape index (κ1) is 34.3. The minimum absolute atomic E-state index is 0.0501. The van der Waals surface area contributed by atoms with Gasteiger partial charge in [0.2, 0.25) is 11.8 Å². The van der Waals surface area contributed by atoms with Gasteiger partial charge in [0.1, 0.15) is 11.5 Å². The van der Waals surface area contributed by atoms with Crippen LogP contribution in [0.3, 0.4) is 0 Å². The van der Waals surface area contributed by atoms with Crippen LogP contribution in [0.1, 0.15) is 43.7 Å². The molecule has 3 saturated heterocycles. The first-order valence-corrected chi connectivity index (χ1v) is 20.7. The maximum atomic E-state index is 15.2. The Balaban J connectivity index is 1.30. The van der Waals surface area contributed by atoms with Crippen molar-refractivity contribution in [3.05, 3.63) is 77.9 Å². The van der Waals surface area contributed by atoms with Crippen LogP contribution in [0.15, 0.2) is 66.7 Å². The maximum Gasteiger partial charge on any atom is 0.264 e. The van der Waals surface area contributed by atoms with Gasteiger partial charge in [-0.05, 0) is 66.4 Å². The molecule has 0 radical (unpaired) electrons. The lowest BCUT2D eigenvalue weighted by Crippen LogP contribution is -2.52. The third kappa shape index (κ3) is 5.50. The largest absolute Gasteiger partial charge is 0.497 e. The van der Waals surface area contributed by atoms with Gasteiger partial charge in [-0.1, -0.05) is 49.5 Å². The summed E-state index contributed by atoms with van der Waals surface area (Å²) in [7, 11) is 0.797. The number of nitrogens with zero attached hydrogens (tertiary/aromatic N) is 3. The van der Waals surface area contributed by atoms with E-state index in [9.17, 15) is 14.7 Å². The Morgan fingerprint density at radius 1 is 1.00 bits per heavy atom. The lowest BCUT2D eigenvalue weighted by molar-refractivity contribution is -0.150. The van der Waals surface area contributed by atoms with Gasteiger partial charge in [0.15, 0.2) is 5.60 Å². The number of methoxy groups -OCH3 is 2. The number of hydrogen-bond donors (Lipinski definition) is 1. The molecule has 3 amide bonds. The summed E-state index contributed by atoms with van der Waals surface area (Å²) in [5, 5.41) is 11.2. The molecular weight excluding hydrogens is 651 g/mol. The van der Waals surface area contributed by atoms with Crippen molar-refractivity contribution >= 4 is 42.4 Å². The number of carbonyl (C=O) groups is 3. The van der Waals surface area contributed by atoms with Gasteiger partial charge in [0, 0.05) is 36.7 Å². The standard InChI is InChI=1S/C39H47N3O7Si/c1-25-37(50(4,5)31-14-11-29(47-2)12-15-31)34(22-36(45)40-18-7-10-28(40)24-43)49-39(25)32-21-30(48-3)13-16-33(32)42(38(39)46)23-26-8-6-9-27(20-26)41-19-17-35(41)44/h6,8-9,11-16,20-21,25,28,34,37,43H,7,10,17-19,22-24H2,1-5H3/t25-,28+,34+,37-,39+/m1/s1. The Labute approximate surface area is 294 Å². The Hall–Kier alpha value is -4.19. The van der Waals surface area contributed by atoms with E-state index in [1.807, 2.05) is 54.6 Å². The number of likely N-dealkylation sites (tertiary alicyclic amines) is 1. The molecule has 10 nitrogen and oxygen atoms in total. The normalized spacial score (nSPS) is 26.1. The van der Waals surface area contributed by atoms with E-state index in [1.54, 1.807) is 28.9 Å². The number of amides is 3. The molecule has 3 fully saturated rings. The number of anilines is 2. The summed E-state index contributed by atoms with van der Waals surface area (Å²) >= 11 is 0. The van der Waals surface area contributed by atoms with Gasteiger partial charge in [-0.15, -0.1) is 0 Å². The molecule has 5 atom stereocenters. The molecule has 11 heteroatoms. The Morgan fingerprint density at radius 2 is 1.74 bits per heavy atom. The van der Waals surface area contributed by atoms with E-state index in [2.05, 4.69) is 32.2 Å². The van der Waals surface area contributed by atoms with Crippen molar-refractivity contribution in [3.8, 4) is 11.5 Å². The SMILES string of the molecule is COc1ccc([Si](C)(C)[C@H]2[C@H](CC(=O)N3CCC[C@H]3CO)O[C@@]3(C(=O)N(Cc4cccc(N5CCC5=O)c4)c4ccc(OC)cc43)[C@@H]2C)cc1. The van der Waals surface area contributed by atoms with Crippen molar-refractivity contribution in [1.82, 2.24) is 4.90 Å². The summed E-state index contributed by atoms with van der Waals surface area (Å²) < 4.78 is 18.4. The van der Waals surface area contributed by atoms with E-state index >= 15 is 4.79 Å². The van der Waals surface area contributed by atoms with Crippen LogP contribution in [0.5, 0.6) is 11.5 Å². The van der Waals surface area contributed by atoms with Crippen LogP contribution in [0.25, 0.3) is 0 Å². The summed E-state index contributed by atoms with van der Waals surface area (Å²) in [5.74, 6) is 0.991. The van der Waals surface area contributed by atoms with Crippen LogP contribution < -0.4 is 24.5 Å². The molecule has 7 rings (SSSR count). The second-order valence-electron chi connectivity index (χ2n) is 14.7. The number of ether oxygens (including phenoxy) is 3. The van der Waals surface area contributed by atoms with Crippen LogP contribution in [0, 0.1) is 5.92 Å². The molecule has 4 heterocycles. The molecule has 50 heavy (non-hydrogen) atoms. The zero-order chi connectivity index (χ0) is 35.4. The average Bonchev–Trinajstić information content (AvgIpc) is 3.78. The fourth-order valence-corrected chi connectivity index (χ4v) is 13.0. The Kier molecular flexibility index (Phi) is 9.02. The molecule has 0 unspecified atom stereocenters. The highest BCUT2D eigenvalue weighted by Crippen LogP contribution is 2.60. The molecule has 3 aromatic rings. The topological polar surface area (TPSA) is 109 Å². The van der Waals surface area contributed by atoms with Gasteiger partial charge in [0.25, 0.3) is 5.91 Å². The predicted octanol–water partition coefficient (Wildman–Crippen LogP) is 4.58. The van der Waals surface area contributed by atoms with E-state index in [0.717, 1.165) is 41.1 Å². The molecule has 4 aliphatic heterocycles. The van der Waals surface area contributed by atoms with E-state index in [4.69, 9.17) is 14.2 Å². The Bertz CT molecular complexity index is 1800. The van der Waals surface area contributed by atoms with Crippen LogP contribution in [-0.2, 0) is 31.3 Å². The zero-order valence-corrected chi connectivity index (χ0v) is 30.6. The van der Waals surface area contributed by atoms with Crippen molar-refractivity contribution in [1.29, 1.82) is 0 Å². The van der Waals surface area contributed by atoms with Gasteiger partial charge < -0.3 is 34.0 Å². The molecule has 0 bridgehead atoms. The van der Waals surface area contributed by atoms with E-state index < -0.39 is 19.8 Å². The Morgan fingerprint density at radius 3 is 2.40 bits per heavy atom. The molecule has 264 valence electrons. The summed E-state index contributed by atoms with van der Waals surface area (Å²) in [5.41, 5.74) is 1.77. The number of benzene rings is 3. The predicted molar refractivity (Wildman–Crippen MR) is 194 cm³/mol. The third-order valence-electron chi connectivity index (χ3n) is 11.7. The highest BCUT2D eigenvalue weighted by atomic mass is 28.3. The fourth-order valence-electron chi connectivity index (χ4n) is 9.01. The number of carbonyl (C=O) groups excluding carboxylic acids is 3. The number of hydrogen-bond acceptors (Lipinski definition) is 7. The minimum Gasteiger partial charge on any atom is -0.497 e.